The summed E-state index contributed by atoms with van der Waals surface area (Å²) in [7, 11) is 1.55. The van der Waals surface area contributed by atoms with Crippen molar-refractivity contribution in [2.75, 3.05) is 40.9 Å². The Balaban J connectivity index is 3.90. The summed E-state index contributed by atoms with van der Waals surface area (Å²) in [6.45, 7) is 4.43. The highest BCUT2D eigenvalue weighted by Crippen LogP contribution is 2.43. The quantitative estimate of drug-likeness (QED) is 0.0258. The van der Waals surface area contributed by atoms with Gasteiger partial charge in [-0.2, -0.15) is 0 Å². The highest BCUT2D eigenvalue weighted by molar-refractivity contribution is 7.47. The molecule has 0 rings (SSSR count). The molecule has 0 radical (unpaired) electrons. The summed E-state index contributed by atoms with van der Waals surface area (Å²) in [4.78, 5) is 22.2. The zero-order valence-corrected chi connectivity index (χ0v) is 33.6. The SMILES string of the molecule is CCCCCCCCCCCCCCCCCCCCCC/C=C/CC/C=C/C(O)C(COP(=O)(O)OCC[N+](C)(C)C)NC(=O)CCC. The molecule has 3 unspecified atom stereocenters. The molecule has 0 aliphatic heterocycles. The molecular weight excluding hydrogens is 635 g/mol. The Morgan fingerprint density at radius 1 is 0.673 bits per heavy atom. The van der Waals surface area contributed by atoms with Gasteiger partial charge in [-0.15, -0.1) is 0 Å². The lowest BCUT2D eigenvalue weighted by molar-refractivity contribution is -0.870. The molecule has 0 aliphatic carbocycles. The molecule has 8 nitrogen and oxygen atoms in total. The number of unbranched alkanes of at least 4 members (excludes halogenated alkanes) is 21. The first kappa shape index (κ1) is 48.0. The summed E-state index contributed by atoms with van der Waals surface area (Å²) in [5.74, 6) is -0.241. The van der Waals surface area contributed by atoms with E-state index < -0.39 is 20.0 Å². The molecule has 0 spiro atoms. The van der Waals surface area contributed by atoms with Crippen molar-refractivity contribution in [3.8, 4) is 0 Å². The molecule has 0 heterocycles. The third-order valence-corrected chi connectivity index (χ3v) is 9.88. The van der Waals surface area contributed by atoms with E-state index in [9.17, 15) is 19.4 Å². The maximum Gasteiger partial charge on any atom is 0.472 e. The maximum absolute atomic E-state index is 12.3. The van der Waals surface area contributed by atoms with Gasteiger partial charge in [0.05, 0.1) is 39.9 Å². The van der Waals surface area contributed by atoms with Gasteiger partial charge >= 0.3 is 7.82 Å². The van der Waals surface area contributed by atoms with Crippen molar-refractivity contribution in [2.45, 2.75) is 187 Å². The van der Waals surface area contributed by atoms with Crippen LogP contribution >= 0.6 is 7.82 Å². The van der Waals surface area contributed by atoms with E-state index in [1.54, 1.807) is 6.08 Å². The van der Waals surface area contributed by atoms with Crippen molar-refractivity contribution in [3.63, 3.8) is 0 Å². The predicted octanol–water partition coefficient (Wildman–Crippen LogP) is 10.6. The van der Waals surface area contributed by atoms with Gasteiger partial charge in [0.25, 0.3) is 0 Å². The van der Waals surface area contributed by atoms with Gasteiger partial charge in [0.1, 0.15) is 13.2 Å². The molecule has 1 amide bonds. The number of hydrogen-bond donors (Lipinski definition) is 3. The fraction of sp³-hybridized carbons (Fsp3) is 0.875. The largest absolute Gasteiger partial charge is 0.472 e. The molecular formula is C40H80N2O6P+. The number of nitrogens with zero attached hydrogens (tertiary/aromatic N) is 1. The van der Waals surface area contributed by atoms with Gasteiger partial charge in [-0.1, -0.05) is 160 Å². The summed E-state index contributed by atoms with van der Waals surface area (Å²) in [5.41, 5.74) is 0. The fourth-order valence-electron chi connectivity index (χ4n) is 5.69. The number of nitrogens with one attached hydrogen (secondary N) is 1. The number of allylic oxidation sites excluding steroid dienone is 3. The van der Waals surface area contributed by atoms with Crippen molar-refractivity contribution in [2.24, 2.45) is 0 Å². The molecule has 9 heteroatoms. The Morgan fingerprint density at radius 2 is 1.12 bits per heavy atom. The van der Waals surface area contributed by atoms with E-state index >= 15 is 0 Å². The average molecular weight is 716 g/mol. The Kier molecular flexibility index (Phi) is 32.2. The molecule has 3 N–H and O–H groups in total. The fourth-order valence-corrected chi connectivity index (χ4v) is 6.42. The number of aliphatic hydroxyl groups excluding tert-OH is 1. The lowest BCUT2D eigenvalue weighted by Crippen LogP contribution is -2.45. The third-order valence-electron chi connectivity index (χ3n) is 8.89. The maximum atomic E-state index is 12.3. The summed E-state index contributed by atoms with van der Waals surface area (Å²) >= 11 is 0. The number of phosphoric ester groups is 1. The van der Waals surface area contributed by atoms with Crippen LogP contribution in [0.3, 0.4) is 0 Å². The molecule has 3 atom stereocenters. The standard InChI is InChI=1S/C40H79N2O6P/c1-6-8-9-10-11-12-13-14-15-16-17-18-19-20-21-22-23-24-25-26-27-28-29-30-31-32-34-39(43)38(41-40(44)33-7-2)37-48-49(45,46)47-36-35-42(3,4)5/h28-29,32,34,38-39,43H,6-27,30-31,33,35-37H2,1-5H3,(H-,41,44,45,46)/p+1/b29-28+,34-32+. The van der Waals surface area contributed by atoms with Crippen LogP contribution in [0.25, 0.3) is 0 Å². The minimum atomic E-state index is -4.31. The van der Waals surface area contributed by atoms with E-state index in [0.717, 1.165) is 19.3 Å². The normalized spacial score (nSPS) is 14.8. The van der Waals surface area contributed by atoms with Gasteiger partial charge in [-0.3, -0.25) is 13.8 Å². The molecule has 0 saturated heterocycles. The Morgan fingerprint density at radius 3 is 1.59 bits per heavy atom. The molecule has 0 fully saturated rings. The van der Waals surface area contributed by atoms with Crippen molar-refractivity contribution in [1.82, 2.24) is 5.32 Å². The molecule has 0 aliphatic rings. The van der Waals surface area contributed by atoms with Crippen LogP contribution in [-0.4, -0.2) is 73.4 Å². The Labute approximate surface area is 303 Å². The van der Waals surface area contributed by atoms with E-state index in [1.165, 1.54) is 128 Å². The molecule has 0 saturated carbocycles. The first-order chi connectivity index (χ1) is 23.5. The monoisotopic (exact) mass is 716 g/mol. The Bertz CT molecular complexity index is 860. The van der Waals surface area contributed by atoms with Crippen LogP contribution in [0.2, 0.25) is 0 Å². The molecule has 0 aromatic carbocycles. The average Bonchev–Trinajstić information content (AvgIpc) is 3.04. The molecule has 0 bridgehead atoms. The number of phosphoric acid groups is 1. The van der Waals surface area contributed by atoms with Crippen LogP contribution in [0.5, 0.6) is 0 Å². The van der Waals surface area contributed by atoms with E-state index in [-0.39, 0.29) is 19.1 Å². The zero-order chi connectivity index (χ0) is 36.5. The van der Waals surface area contributed by atoms with Crippen LogP contribution in [0.1, 0.15) is 174 Å². The molecule has 49 heavy (non-hydrogen) atoms. The van der Waals surface area contributed by atoms with Gasteiger partial charge in [0, 0.05) is 6.42 Å². The summed E-state index contributed by atoms with van der Waals surface area (Å²) in [5, 5.41) is 13.4. The minimum absolute atomic E-state index is 0.0553. The van der Waals surface area contributed by atoms with E-state index in [1.807, 2.05) is 34.1 Å². The third kappa shape index (κ3) is 35.2. The number of aliphatic hydroxyl groups is 1. The topological polar surface area (TPSA) is 105 Å². The Hall–Kier alpha value is -1.02. The van der Waals surface area contributed by atoms with Gasteiger partial charge in [-0.25, -0.2) is 4.57 Å². The van der Waals surface area contributed by atoms with E-state index in [2.05, 4.69) is 24.4 Å². The first-order valence-electron chi connectivity index (χ1n) is 20.2. The number of likely N-dealkylation sites (N-methyl/N-ethyl adjacent to an activating group) is 1. The second-order valence-corrected chi connectivity index (χ2v) is 16.5. The number of carbonyl (C=O) groups excluding carboxylic acids is 1. The lowest BCUT2D eigenvalue weighted by atomic mass is 10.0. The zero-order valence-electron chi connectivity index (χ0n) is 32.7. The highest BCUT2D eigenvalue weighted by atomic mass is 31.2. The van der Waals surface area contributed by atoms with Crippen molar-refractivity contribution in [1.29, 1.82) is 0 Å². The highest BCUT2D eigenvalue weighted by Gasteiger charge is 2.27. The summed E-state index contributed by atoms with van der Waals surface area (Å²) < 4.78 is 23.1. The van der Waals surface area contributed by atoms with Crippen molar-refractivity contribution in [3.05, 3.63) is 24.3 Å². The first-order valence-corrected chi connectivity index (χ1v) is 21.7. The number of quaternary nitrogens is 1. The minimum Gasteiger partial charge on any atom is -0.387 e. The number of hydrogen-bond acceptors (Lipinski definition) is 5. The van der Waals surface area contributed by atoms with Crippen molar-refractivity contribution >= 4 is 13.7 Å². The van der Waals surface area contributed by atoms with E-state index in [4.69, 9.17) is 9.05 Å². The van der Waals surface area contributed by atoms with Gasteiger partial charge in [0.15, 0.2) is 0 Å². The molecule has 0 aromatic heterocycles. The van der Waals surface area contributed by atoms with Crippen LogP contribution < -0.4 is 5.32 Å². The van der Waals surface area contributed by atoms with Gasteiger partial charge in [-0.05, 0) is 32.1 Å². The number of rotatable bonds is 36. The summed E-state index contributed by atoms with van der Waals surface area (Å²) in [6, 6.07) is -0.854. The number of amides is 1. The lowest BCUT2D eigenvalue weighted by Gasteiger charge is -2.25. The van der Waals surface area contributed by atoms with Crippen LogP contribution in [-0.2, 0) is 18.4 Å². The van der Waals surface area contributed by atoms with Gasteiger partial charge < -0.3 is 19.8 Å². The number of carbonyl (C=O) groups is 1. The van der Waals surface area contributed by atoms with Crippen LogP contribution in [0.4, 0.5) is 0 Å². The predicted molar refractivity (Wildman–Crippen MR) is 208 cm³/mol. The van der Waals surface area contributed by atoms with Crippen molar-refractivity contribution < 1.29 is 32.9 Å². The van der Waals surface area contributed by atoms with Gasteiger partial charge in [0.2, 0.25) is 5.91 Å². The second kappa shape index (κ2) is 32.9. The summed E-state index contributed by atoms with van der Waals surface area (Å²) in [6.07, 6.45) is 38.6. The van der Waals surface area contributed by atoms with Crippen LogP contribution in [0, 0.1) is 0 Å². The molecule has 290 valence electrons. The smallest absolute Gasteiger partial charge is 0.387 e. The van der Waals surface area contributed by atoms with E-state index in [0.29, 0.717) is 23.9 Å². The second-order valence-electron chi connectivity index (χ2n) is 15.0. The van der Waals surface area contributed by atoms with Crippen LogP contribution in [0.15, 0.2) is 24.3 Å². The molecule has 0 aromatic rings.